The molecule has 1 N–H and O–H groups in total. The van der Waals surface area contributed by atoms with Crippen LogP contribution in [0.4, 0.5) is 11.6 Å². The highest BCUT2D eigenvalue weighted by Gasteiger charge is 2.22. The first-order valence-electron chi connectivity index (χ1n) is 9.25. The zero-order chi connectivity index (χ0) is 19.5. The van der Waals surface area contributed by atoms with E-state index in [-0.39, 0.29) is 5.91 Å². The molecule has 0 aliphatic carbocycles. The van der Waals surface area contributed by atoms with Crippen LogP contribution in [0.15, 0.2) is 54.7 Å². The van der Waals surface area contributed by atoms with Crippen molar-refractivity contribution in [3.8, 4) is 5.75 Å². The lowest BCUT2D eigenvalue weighted by Gasteiger charge is -2.28. The third-order valence-electron chi connectivity index (χ3n) is 4.89. The molecule has 4 rings (SSSR count). The van der Waals surface area contributed by atoms with Crippen molar-refractivity contribution in [3.63, 3.8) is 0 Å². The monoisotopic (exact) mass is 374 g/mol. The number of aromatic nitrogens is 2. The van der Waals surface area contributed by atoms with Crippen LogP contribution in [0.1, 0.15) is 27.2 Å². The summed E-state index contributed by atoms with van der Waals surface area (Å²) < 4.78 is 5.39. The first-order valence-corrected chi connectivity index (χ1v) is 9.25. The Morgan fingerprint density at radius 1 is 1.14 bits per heavy atom. The number of anilines is 2. The van der Waals surface area contributed by atoms with Crippen LogP contribution in [0.2, 0.25) is 0 Å². The second-order valence-electron chi connectivity index (χ2n) is 6.84. The van der Waals surface area contributed by atoms with Crippen molar-refractivity contribution in [1.82, 2.24) is 14.9 Å². The van der Waals surface area contributed by atoms with Crippen LogP contribution in [0, 0.1) is 6.92 Å². The molecule has 1 aliphatic rings. The molecule has 2 aromatic carbocycles. The highest BCUT2D eigenvalue weighted by atomic mass is 16.5. The number of benzene rings is 2. The summed E-state index contributed by atoms with van der Waals surface area (Å²) in [5.41, 5.74) is 4.73. The summed E-state index contributed by atoms with van der Waals surface area (Å²) in [6.45, 7) is 3.29. The van der Waals surface area contributed by atoms with Crippen molar-refractivity contribution in [3.05, 3.63) is 77.1 Å². The Morgan fingerprint density at radius 2 is 1.96 bits per heavy atom. The summed E-state index contributed by atoms with van der Waals surface area (Å²) in [7, 11) is 1.62. The van der Waals surface area contributed by atoms with E-state index >= 15 is 0 Å². The number of rotatable bonds is 4. The standard InChI is InChI=1S/C22H22N4O2/c1-15-7-8-20(28-2)19(13-15)25-22-23-11-9-18(24-22)21(27)26-12-10-16-5-3-4-6-17(16)14-26/h3-9,11,13H,10,12,14H2,1-2H3,(H,23,24,25). The van der Waals surface area contributed by atoms with Gasteiger partial charge in [0.25, 0.3) is 5.91 Å². The molecule has 0 fully saturated rings. The van der Waals surface area contributed by atoms with E-state index < -0.39 is 0 Å². The number of nitrogens with one attached hydrogen (secondary N) is 1. The van der Waals surface area contributed by atoms with Gasteiger partial charge in [-0.1, -0.05) is 30.3 Å². The minimum atomic E-state index is -0.0869. The lowest BCUT2D eigenvalue weighted by molar-refractivity contribution is 0.0728. The molecule has 0 unspecified atom stereocenters. The average Bonchev–Trinajstić information content (AvgIpc) is 2.73. The van der Waals surface area contributed by atoms with Crippen LogP contribution in [0.5, 0.6) is 5.75 Å². The molecule has 142 valence electrons. The predicted molar refractivity (Wildman–Crippen MR) is 108 cm³/mol. The smallest absolute Gasteiger partial charge is 0.272 e. The topological polar surface area (TPSA) is 67.3 Å². The zero-order valence-corrected chi connectivity index (χ0v) is 16.0. The second-order valence-corrected chi connectivity index (χ2v) is 6.84. The molecule has 2 heterocycles. The van der Waals surface area contributed by atoms with Gasteiger partial charge in [0.15, 0.2) is 0 Å². The quantitative estimate of drug-likeness (QED) is 0.754. The minimum Gasteiger partial charge on any atom is -0.495 e. The molecule has 6 heteroatoms. The van der Waals surface area contributed by atoms with Gasteiger partial charge >= 0.3 is 0 Å². The molecular weight excluding hydrogens is 352 g/mol. The van der Waals surface area contributed by atoms with Gasteiger partial charge in [-0.15, -0.1) is 0 Å². The number of carbonyl (C=O) groups is 1. The highest BCUT2D eigenvalue weighted by Crippen LogP contribution is 2.27. The number of methoxy groups -OCH3 is 1. The number of ether oxygens (including phenoxy) is 1. The maximum atomic E-state index is 13.0. The molecule has 1 amide bonds. The Kier molecular flexibility index (Phi) is 4.93. The molecule has 3 aromatic rings. The van der Waals surface area contributed by atoms with E-state index in [4.69, 9.17) is 4.74 Å². The van der Waals surface area contributed by atoms with Crippen LogP contribution in [-0.2, 0) is 13.0 Å². The first kappa shape index (κ1) is 18.0. The second kappa shape index (κ2) is 7.68. The number of fused-ring (bicyclic) bond motifs is 1. The van der Waals surface area contributed by atoms with E-state index in [1.807, 2.05) is 42.2 Å². The highest BCUT2D eigenvalue weighted by molar-refractivity contribution is 5.92. The summed E-state index contributed by atoms with van der Waals surface area (Å²) in [5, 5.41) is 3.16. The Balaban J connectivity index is 1.54. The lowest BCUT2D eigenvalue weighted by atomic mass is 10.00. The lowest BCUT2D eigenvalue weighted by Crippen LogP contribution is -2.36. The van der Waals surface area contributed by atoms with Crippen LogP contribution in [0.25, 0.3) is 0 Å². The van der Waals surface area contributed by atoms with Crippen molar-refractivity contribution in [2.24, 2.45) is 0 Å². The van der Waals surface area contributed by atoms with E-state index in [2.05, 4.69) is 27.4 Å². The Bertz CT molecular complexity index is 1020. The number of hydrogen-bond donors (Lipinski definition) is 1. The van der Waals surface area contributed by atoms with Crippen molar-refractivity contribution in [2.45, 2.75) is 19.9 Å². The molecule has 6 nitrogen and oxygen atoms in total. The number of aryl methyl sites for hydroxylation is 1. The summed E-state index contributed by atoms with van der Waals surface area (Å²) in [4.78, 5) is 23.5. The first-order chi connectivity index (χ1) is 13.6. The van der Waals surface area contributed by atoms with E-state index in [0.717, 1.165) is 17.7 Å². The van der Waals surface area contributed by atoms with Gasteiger partial charge in [0, 0.05) is 19.3 Å². The maximum Gasteiger partial charge on any atom is 0.272 e. The molecular formula is C22H22N4O2. The van der Waals surface area contributed by atoms with Crippen LogP contribution in [-0.4, -0.2) is 34.4 Å². The number of hydrogen-bond acceptors (Lipinski definition) is 5. The van der Waals surface area contributed by atoms with Crippen LogP contribution >= 0.6 is 0 Å². The summed E-state index contributed by atoms with van der Waals surface area (Å²) in [6, 6.07) is 15.7. The molecule has 0 spiro atoms. The molecule has 0 atom stereocenters. The van der Waals surface area contributed by atoms with Gasteiger partial charge in [0.05, 0.1) is 12.8 Å². The normalized spacial score (nSPS) is 13.0. The fourth-order valence-electron chi connectivity index (χ4n) is 3.41. The zero-order valence-electron chi connectivity index (χ0n) is 16.0. The Morgan fingerprint density at radius 3 is 2.79 bits per heavy atom. The molecule has 28 heavy (non-hydrogen) atoms. The van der Waals surface area contributed by atoms with E-state index in [1.165, 1.54) is 11.1 Å². The minimum absolute atomic E-state index is 0.0869. The maximum absolute atomic E-state index is 13.0. The van der Waals surface area contributed by atoms with Gasteiger partial charge in [-0.2, -0.15) is 0 Å². The molecule has 1 aliphatic heterocycles. The molecule has 0 saturated carbocycles. The van der Waals surface area contributed by atoms with Crippen molar-refractivity contribution in [1.29, 1.82) is 0 Å². The largest absolute Gasteiger partial charge is 0.495 e. The average molecular weight is 374 g/mol. The fraction of sp³-hybridized carbons (Fsp3) is 0.227. The van der Waals surface area contributed by atoms with Gasteiger partial charge in [0.2, 0.25) is 5.95 Å². The SMILES string of the molecule is COc1ccc(C)cc1Nc1nccc(C(=O)N2CCc3ccccc3C2)n1. The van der Waals surface area contributed by atoms with Gasteiger partial charge in [-0.05, 0) is 48.2 Å². The number of carbonyl (C=O) groups excluding carboxylic acids is 1. The fourth-order valence-corrected chi connectivity index (χ4v) is 3.41. The molecule has 0 radical (unpaired) electrons. The van der Waals surface area contributed by atoms with Gasteiger partial charge in [0.1, 0.15) is 11.4 Å². The predicted octanol–water partition coefficient (Wildman–Crippen LogP) is 3.74. The van der Waals surface area contributed by atoms with Crippen molar-refractivity contribution in [2.75, 3.05) is 19.0 Å². The van der Waals surface area contributed by atoms with Gasteiger partial charge in [-0.3, -0.25) is 4.79 Å². The van der Waals surface area contributed by atoms with E-state index in [9.17, 15) is 4.79 Å². The summed E-state index contributed by atoms with van der Waals surface area (Å²) in [6.07, 6.45) is 2.46. The summed E-state index contributed by atoms with van der Waals surface area (Å²) >= 11 is 0. The Hall–Kier alpha value is -3.41. The number of nitrogens with zero attached hydrogens (tertiary/aromatic N) is 3. The van der Waals surface area contributed by atoms with E-state index in [0.29, 0.717) is 30.5 Å². The third kappa shape index (κ3) is 3.67. The molecule has 0 bridgehead atoms. The molecule has 1 aromatic heterocycles. The van der Waals surface area contributed by atoms with Crippen LogP contribution < -0.4 is 10.1 Å². The summed E-state index contributed by atoms with van der Waals surface area (Å²) in [5.74, 6) is 0.974. The van der Waals surface area contributed by atoms with Gasteiger partial charge < -0.3 is 15.0 Å². The number of amides is 1. The van der Waals surface area contributed by atoms with Gasteiger partial charge in [-0.25, -0.2) is 9.97 Å². The van der Waals surface area contributed by atoms with Crippen molar-refractivity contribution >= 4 is 17.5 Å². The third-order valence-corrected chi connectivity index (χ3v) is 4.89. The van der Waals surface area contributed by atoms with Crippen LogP contribution in [0.3, 0.4) is 0 Å². The van der Waals surface area contributed by atoms with E-state index in [1.54, 1.807) is 19.4 Å². The van der Waals surface area contributed by atoms with Crippen molar-refractivity contribution < 1.29 is 9.53 Å². The Labute approximate surface area is 164 Å². The molecule has 0 saturated heterocycles.